The van der Waals surface area contributed by atoms with Crippen molar-refractivity contribution in [2.45, 2.75) is 45.4 Å². The molecule has 1 atom stereocenters. The molecule has 0 spiro atoms. The molecular weight excluding hydrogens is 340 g/mol. The van der Waals surface area contributed by atoms with Crippen molar-refractivity contribution in [1.29, 1.82) is 0 Å². The van der Waals surface area contributed by atoms with Gasteiger partial charge >= 0.3 is 0 Å². The van der Waals surface area contributed by atoms with E-state index in [4.69, 9.17) is 9.47 Å². The molecular formula is C22H28N2O3. The van der Waals surface area contributed by atoms with Crippen LogP contribution in [0.2, 0.25) is 0 Å². The van der Waals surface area contributed by atoms with Gasteiger partial charge in [-0.25, -0.2) is 0 Å². The summed E-state index contributed by atoms with van der Waals surface area (Å²) in [7, 11) is 0. The molecule has 27 heavy (non-hydrogen) atoms. The second kappa shape index (κ2) is 9.97. The first-order chi connectivity index (χ1) is 13.3. The van der Waals surface area contributed by atoms with E-state index < -0.39 is 0 Å². The zero-order chi connectivity index (χ0) is 18.9. The number of ether oxygens (including phenoxy) is 2. The summed E-state index contributed by atoms with van der Waals surface area (Å²) in [5.41, 5.74) is 2.19. The number of rotatable bonds is 8. The topological polar surface area (TPSA) is 59.6 Å². The van der Waals surface area contributed by atoms with Crippen molar-refractivity contribution >= 4 is 5.91 Å². The van der Waals surface area contributed by atoms with Gasteiger partial charge in [0, 0.05) is 13.1 Å². The molecule has 0 bridgehead atoms. The van der Waals surface area contributed by atoms with Crippen molar-refractivity contribution in [3.63, 3.8) is 0 Å². The number of hydrogen-bond acceptors (Lipinski definition) is 4. The first kappa shape index (κ1) is 19.2. The third kappa shape index (κ3) is 5.73. The maximum atomic E-state index is 12.1. The average molecular weight is 368 g/mol. The molecule has 0 radical (unpaired) electrons. The normalized spacial score (nSPS) is 17.1. The lowest BCUT2D eigenvalue weighted by Crippen LogP contribution is -2.42. The van der Waals surface area contributed by atoms with Gasteiger partial charge in [0.25, 0.3) is 0 Å². The molecule has 5 nitrogen and oxygen atoms in total. The number of carbonyl (C=O) groups excluding carboxylic acids is 1. The van der Waals surface area contributed by atoms with Crippen molar-refractivity contribution in [2.75, 3.05) is 13.2 Å². The highest BCUT2D eigenvalue weighted by molar-refractivity contribution is 5.81. The summed E-state index contributed by atoms with van der Waals surface area (Å²) in [6.07, 6.45) is 2.99. The van der Waals surface area contributed by atoms with Crippen molar-refractivity contribution in [3.05, 3.63) is 59.7 Å². The highest BCUT2D eigenvalue weighted by atomic mass is 16.5. The molecule has 5 heteroatoms. The van der Waals surface area contributed by atoms with Gasteiger partial charge in [-0.1, -0.05) is 36.4 Å². The zero-order valence-corrected chi connectivity index (χ0v) is 15.9. The fraction of sp³-hybridized carbons (Fsp3) is 0.409. The molecule has 1 aliphatic rings. The van der Waals surface area contributed by atoms with E-state index in [0.717, 1.165) is 48.4 Å². The molecule has 2 N–H and O–H groups in total. The summed E-state index contributed by atoms with van der Waals surface area (Å²) >= 11 is 0. The van der Waals surface area contributed by atoms with E-state index in [1.807, 2.05) is 55.5 Å². The Bertz CT molecular complexity index is 734. The average Bonchev–Trinajstić information content (AvgIpc) is 2.91. The number of nitrogens with one attached hydrogen (secondary N) is 2. The van der Waals surface area contributed by atoms with Crippen molar-refractivity contribution in [3.8, 4) is 11.5 Å². The molecule has 1 fully saturated rings. The molecule has 144 valence electrons. The molecule has 0 saturated carbocycles. The van der Waals surface area contributed by atoms with Gasteiger partial charge in [-0.3, -0.25) is 4.79 Å². The van der Waals surface area contributed by atoms with Gasteiger partial charge in [-0.2, -0.15) is 0 Å². The highest BCUT2D eigenvalue weighted by Gasteiger charge is 2.19. The van der Waals surface area contributed by atoms with Crippen LogP contribution in [0.3, 0.4) is 0 Å². The lowest BCUT2D eigenvalue weighted by atomic mass is 10.1. The second-order valence-electron chi connectivity index (χ2n) is 6.71. The molecule has 1 aliphatic heterocycles. The van der Waals surface area contributed by atoms with Gasteiger partial charge in [0.1, 0.15) is 6.61 Å². The third-order valence-electron chi connectivity index (χ3n) is 4.63. The fourth-order valence-electron chi connectivity index (χ4n) is 3.16. The molecule has 3 rings (SSSR count). The van der Waals surface area contributed by atoms with Crippen LogP contribution in [0.25, 0.3) is 0 Å². The Balaban J connectivity index is 1.62. The van der Waals surface area contributed by atoms with E-state index in [9.17, 15) is 4.79 Å². The van der Waals surface area contributed by atoms with Gasteiger partial charge in [-0.05, 0) is 49.4 Å². The van der Waals surface area contributed by atoms with Crippen LogP contribution in [0.15, 0.2) is 48.5 Å². The molecule has 0 aliphatic carbocycles. The molecule has 2 aromatic carbocycles. The van der Waals surface area contributed by atoms with Gasteiger partial charge in [0.05, 0.1) is 12.6 Å². The number of benzene rings is 2. The first-order valence-electron chi connectivity index (χ1n) is 9.70. The Morgan fingerprint density at radius 3 is 2.70 bits per heavy atom. The van der Waals surface area contributed by atoms with Crippen LogP contribution in [0.1, 0.15) is 37.3 Å². The van der Waals surface area contributed by atoms with Crippen molar-refractivity contribution < 1.29 is 14.3 Å². The number of hydrogen-bond donors (Lipinski definition) is 2. The van der Waals surface area contributed by atoms with E-state index in [1.165, 1.54) is 0 Å². The molecule has 1 saturated heterocycles. The van der Waals surface area contributed by atoms with E-state index in [2.05, 4.69) is 10.6 Å². The Morgan fingerprint density at radius 2 is 1.89 bits per heavy atom. The smallest absolute Gasteiger partial charge is 0.237 e. The number of carbonyl (C=O) groups is 1. The molecule has 1 unspecified atom stereocenters. The van der Waals surface area contributed by atoms with Crippen LogP contribution in [0.5, 0.6) is 11.5 Å². The molecule has 1 heterocycles. The largest absolute Gasteiger partial charge is 0.490 e. The summed E-state index contributed by atoms with van der Waals surface area (Å²) in [6, 6.07) is 15.9. The third-order valence-corrected chi connectivity index (χ3v) is 4.63. The van der Waals surface area contributed by atoms with Gasteiger partial charge in [-0.15, -0.1) is 0 Å². The van der Waals surface area contributed by atoms with E-state index in [-0.39, 0.29) is 11.9 Å². The summed E-state index contributed by atoms with van der Waals surface area (Å²) in [6.45, 7) is 4.43. The minimum absolute atomic E-state index is 0.0975. The summed E-state index contributed by atoms with van der Waals surface area (Å²) in [5, 5.41) is 6.32. The van der Waals surface area contributed by atoms with Gasteiger partial charge in [0.15, 0.2) is 11.5 Å². The van der Waals surface area contributed by atoms with Crippen LogP contribution in [-0.2, 0) is 17.9 Å². The highest BCUT2D eigenvalue weighted by Crippen LogP contribution is 2.29. The van der Waals surface area contributed by atoms with E-state index in [0.29, 0.717) is 19.8 Å². The van der Waals surface area contributed by atoms with Crippen molar-refractivity contribution in [2.24, 2.45) is 0 Å². The zero-order valence-electron chi connectivity index (χ0n) is 15.9. The predicted molar refractivity (Wildman–Crippen MR) is 106 cm³/mol. The van der Waals surface area contributed by atoms with E-state index in [1.54, 1.807) is 0 Å². The first-order valence-corrected chi connectivity index (χ1v) is 9.70. The van der Waals surface area contributed by atoms with Crippen LogP contribution in [-0.4, -0.2) is 25.1 Å². The Morgan fingerprint density at radius 1 is 1.04 bits per heavy atom. The van der Waals surface area contributed by atoms with Gasteiger partial charge in [0.2, 0.25) is 5.91 Å². The molecule has 1 amide bonds. The van der Waals surface area contributed by atoms with E-state index >= 15 is 0 Å². The predicted octanol–water partition coefficient (Wildman–Crippen LogP) is 3.42. The summed E-state index contributed by atoms with van der Waals surface area (Å²) in [4.78, 5) is 12.1. The Kier molecular flexibility index (Phi) is 7.11. The number of amides is 1. The van der Waals surface area contributed by atoms with Crippen LogP contribution < -0.4 is 20.1 Å². The monoisotopic (exact) mass is 368 g/mol. The minimum Gasteiger partial charge on any atom is -0.490 e. The maximum Gasteiger partial charge on any atom is 0.237 e. The maximum absolute atomic E-state index is 12.1. The Labute approximate surface area is 161 Å². The van der Waals surface area contributed by atoms with Crippen LogP contribution in [0, 0.1) is 0 Å². The SMILES string of the molecule is CCOc1cc(CNC2CCCCNC2=O)ccc1OCc1ccccc1. The Hall–Kier alpha value is -2.53. The summed E-state index contributed by atoms with van der Waals surface area (Å²) in [5.74, 6) is 1.56. The second-order valence-corrected chi connectivity index (χ2v) is 6.71. The molecule has 0 aromatic heterocycles. The standard InChI is InChI=1S/C22H28N2O3/c1-2-26-21-14-18(15-24-19-10-6-7-13-23-22(19)25)11-12-20(21)27-16-17-8-4-3-5-9-17/h3-5,8-9,11-12,14,19,24H,2,6-7,10,13,15-16H2,1H3,(H,23,25). The lowest BCUT2D eigenvalue weighted by molar-refractivity contribution is -0.122. The lowest BCUT2D eigenvalue weighted by Gasteiger charge is -2.17. The fourth-order valence-corrected chi connectivity index (χ4v) is 3.16. The molecule has 2 aromatic rings. The summed E-state index contributed by atoms with van der Waals surface area (Å²) < 4.78 is 11.7. The van der Waals surface area contributed by atoms with Crippen LogP contribution >= 0.6 is 0 Å². The van der Waals surface area contributed by atoms with Gasteiger partial charge < -0.3 is 20.1 Å². The minimum atomic E-state index is -0.128. The van der Waals surface area contributed by atoms with Crippen LogP contribution in [0.4, 0.5) is 0 Å². The van der Waals surface area contributed by atoms with Crippen molar-refractivity contribution in [1.82, 2.24) is 10.6 Å². The quantitative estimate of drug-likeness (QED) is 0.750.